The zero-order valence-corrected chi connectivity index (χ0v) is 19.3. The first-order valence-corrected chi connectivity index (χ1v) is 9.24. The summed E-state index contributed by atoms with van der Waals surface area (Å²) in [7, 11) is 3.40. The molecule has 0 N–H and O–H groups in total. The van der Waals surface area contributed by atoms with E-state index in [4.69, 9.17) is 4.74 Å². The summed E-state index contributed by atoms with van der Waals surface area (Å²) < 4.78 is 7.12. The molecule has 6 heteroatoms. The van der Waals surface area contributed by atoms with E-state index in [1.807, 2.05) is 19.1 Å². The minimum atomic E-state index is -0.342. The Morgan fingerprint density at radius 1 is 1.07 bits per heavy atom. The summed E-state index contributed by atoms with van der Waals surface area (Å²) in [5.74, 6) is -0.121. The van der Waals surface area contributed by atoms with Gasteiger partial charge in [0.05, 0.1) is 5.92 Å². The van der Waals surface area contributed by atoms with Crippen LogP contribution in [0.3, 0.4) is 0 Å². The second kappa shape index (κ2) is 11.1. The van der Waals surface area contributed by atoms with Crippen molar-refractivity contribution in [3.8, 4) is 0 Å². The van der Waals surface area contributed by atoms with Gasteiger partial charge in [-0.15, -0.1) is 0 Å². The van der Waals surface area contributed by atoms with E-state index >= 15 is 0 Å². The van der Waals surface area contributed by atoms with Crippen LogP contribution < -0.4 is 28.5 Å². The Morgan fingerprint density at radius 2 is 1.71 bits per heavy atom. The van der Waals surface area contributed by atoms with E-state index in [1.165, 1.54) is 10.5 Å². The van der Waals surface area contributed by atoms with Crippen LogP contribution in [0.4, 0.5) is 0 Å². The third kappa shape index (κ3) is 6.89. The third-order valence-electron chi connectivity index (χ3n) is 4.34. The number of aromatic nitrogens is 1. The smallest absolute Gasteiger partial charge is 0.317 e. The molecular formula is C22H29IN2O3. The van der Waals surface area contributed by atoms with E-state index in [0.29, 0.717) is 11.5 Å². The van der Waals surface area contributed by atoms with Gasteiger partial charge in [0.1, 0.15) is 5.56 Å². The summed E-state index contributed by atoms with van der Waals surface area (Å²) in [6.45, 7) is 6.29. The molecule has 1 heterocycles. The maximum absolute atomic E-state index is 12.4. The van der Waals surface area contributed by atoms with Crippen molar-refractivity contribution in [1.82, 2.24) is 4.90 Å². The van der Waals surface area contributed by atoms with E-state index in [0.717, 1.165) is 12.0 Å². The summed E-state index contributed by atoms with van der Waals surface area (Å²) in [4.78, 5) is 25.9. The molecule has 0 fully saturated rings. The maximum atomic E-state index is 12.4. The molecule has 2 rings (SSSR count). The molecule has 1 aromatic heterocycles. The van der Waals surface area contributed by atoms with E-state index in [2.05, 4.69) is 26.0 Å². The Morgan fingerprint density at radius 3 is 2.29 bits per heavy atom. The molecule has 0 saturated heterocycles. The Bertz CT molecular complexity index is 789. The highest BCUT2D eigenvalue weighted by Gasteiger charge is 2.19. The quantitative estimate of drug-likeness (QED) is 0.313. The van der Waals surface area contributed by atoms with Crippen LogP contribution in [0, 0.1) is 5.92 Å². The predicted octanol–water partition coefficient (Wildman–Crippen LogP) is 0.183. The molecule has 1 unspecified atom stereocenters. The van der Waals surface area contributed by atoms with Gasteiger partial charge >= 0.3 is 5.97 Å². The van der Waals surface area contributed by atoms with Crippen LogP contribution >= 0.6 is 0 Å². The maximum Gasteiger partial charge on any atom is 0.317 e. The highest BCUT2D eigenvalue weighted by molar-refractivity contribution is 5.93. The van der Waals surface area contributed by atoms with Gasteiger partial charge in [-0.3, -0.25) is 9.59 Å². The zero-order chi connectivity index (χ0) is 20.0. The number of benzene rings is 1. The lowest BCUT2D eigenvalue weighted by Gasteiger charge is -2.12. The molecule has 152 valence electrons. The number of ether oxygens (including phenoxy) is 1. The standard InChI is InChI=1S/C22H29N2O3.HI/c1-16(2)13-18-8-10-19(11-9-18)17(3)22(26)27-15-24-12-6-7-20(14-24)21(25)23(4)5;/h6-12,14,16-17H,13,15H2,1-5H3;1H/q+1;/p-1. The normalized spacial score (nSPS) is 11.5. The van der Waals surface area contributed by atoms with Crippen molar-refractivity contribution < 1.29 is 42.9 Å². The lowest BCUT2D eigenvalue weighted by Crippen LogP contribution is -3.00. The van der Waals surface area contributed by atoms with Crippen molar-refractivity contribution >= 4 is 11.9 Å². The molecule has 28 heavy (non-hydrogen) atoms. The monoisotopic (exact) mass is 496 g/mol. The van der Waals surface area contributed by atoms with Gasteiger partial charge in [0.25, 0.3) is 12.6 Å². The van der Waals surface area contributed by atoms with Crippen molar-refractivity contribution in [1.29, 1.82) is 0 Å². The molecular weight excluding hydrogens is 467 g/mol. The fourth-order valence-electron chi connectivity index (χ4n) is 2.80. The van der Waals surface area contributed by atoms with E-state index in [9.17, 15) is 9.59 Å². The number of pyridine rings is 1. The van der Waals surface area contributed by atoms with E-state index < -0.39 is 0 Å². The third-order valence-corrected chi connectivity index (χ3v) is 4.34. The van der Waals surface area contributed by atoms with Crippen molar-refractivity contribution in [3.63, 3.8) is 0 Å². The molecule has 0 aliphatic carbocycles. The van der Waals surface area contributed by atoms with Gasteiger partial charge in [-0.25, -0.2) is 0 Å². The van der Waals surface area contributed by atoms with E-state index in [-0.39, 0.29) is 48.5 Å². The molecule has 0 aliphatic rings. The Kier molecular flexibility index (Phi) is 9.58. The van der Waals surface area contributed by atoms with Gasteiger partial charge in [-0.1, -0.05) is 38.1 Å². The number of rotatable bonds is 7. The second-order valence-electron chi connectivity index (χ2n) is 7.46. The number of nitrogens with zero attached hydrogens (tertiary/aromatic N) is 2. The van der Waals surface area contributed by atoms with Crippen LogP contribution in [-0.2, 0) is 22.7 Å². The second-order valence-corrected chi connectivity index (χ2v) is 7.46. The molecule has 0 spiro atoms. The van der Waals surface area contributed by atoms with Gasteiger partial charge in [-0.05, 0) is 36.5 Å². The number of hydrogen-bond acceptors (Lipinski definition) is 3. The number of halogens is 1. The number of carbonyl (C=O) groups excluding carboxylic acids is 2. The van der Waals surface area contributed by atoms with Crippen molar-refractivity contribution in [2.24, 2.45) is 5.92 Å². The number of carbonyl (C=O) groups is 2. The summed E-state index contributed by atoms with van der Waals surface area (Å²) in [5.41, 5.74) is 2.76. The van der Waals surface area contributed by atoms with Crippen LogP contribution in [0.25, 0.3) is 0 Å². The first-order chi connectivity index (χ1) is 12.8. The molecule has 1 amide bonds. The Labute approximate surface area is 184 Å². The van der Waals surface area contributed by atoms with Crippen molar-refractivity contribution in [3.05, 3.63) is 65.5 Å². The van der Waals surface area contributed by atoms with E-state index in [1.54, 1.807) is 43.2 Å². The number of hydrogen-bond donors (Lipinski definition) is 0. The van der Waals surface area contributed by atoms with Gasteiger partial charge in [0, 0.05) is 20.2 Å². The molecule has 0 radical (unpaired) electrons. The lowest BCUT2D eigenvalue weighted by atomic mass is 9.97. The Balaban J connectivity index is 0.00000392. The minimum Gasteiger partial charge on any atom is -1.00 e. The molecule has 0 aliphatic heterocycles. The predicted molar refractivity (Wildman–Crippen MR) is 104 cm³/mol. The van der Waals surface area contributed by atoms with Crippen LogP contribution in [-0.4, -0.2) is 30.9 Å². The molecule has 2 aromatic rings. The van der Waals surface area contributed by atoms with Crippen LogP contribution in [0.1, 0.15) is 48.2 Å². The topological polar surface area (TPSA) is 50.5 Å². The fourth-order valence-corrected chi connectivity index (χ4v) is 2.80. The van der Waals surface area contributed by atoms with Crippen LogP contribution in [0.2, 0.25) is 0 Å². The van der Waals surface area contributed by atoms with Crippen LogP contribution in [0.5, 0.6) is 0 Å². The lowest BCUT2D eigenvalue weighted by molar-refractivity contribution is -0.727. The summed E-state index contributed by atoms with van der Waals surface area (Å²) in [6, 6.07) is 11.6. The average molecular weight is 496 g/mol. The van der Waals surface area contributed by atoms with Crippen molar-refractivity contribution in [2.45, 2.75) is 39.8 Å². The summed E-state index contributed by atoms with van der Waals surface area (Å²) >= 11 is 0. The highest BCUT2D eigenvalue weighted by Crippen LogP contribution is 2.18. The highest BCUT2D eigenvalue weighted by atomic mass is 127. The average Bonchev–Trinajstić information content (AvgIpc) is 2.65. The summed E-state index contributed by atoms with van der Waals surface area (Å²) in [6.07, 6.45) is 4.48. The number of esters is 1. The largest absolute Gasteiger partial charge is 1.00 e. The molecule has 5 nitrogen and oxygen atoms in total. The van der Waals surface area contributed by atoms with Crippen LogP contribution in [0.15, 0.2) is 48.8 Å². The SMILES string of the molecule is CC(C)Cc1ccc(C(C)C(=O)OC[n+]2cccc(C(=O)N(C)C)c2)cc1.[I-]. The van der Waals surface area contributed by atoms with Gasteiger partial charge in [0.15, 0.2) is 12.4 Å². The van der Waals surface area contributed by atoms with Crippen molar-refractivity contribution in [2.75, 3.05) is 14.1 Å². The minimum absolute atomic E-state index is 0. The zero-order valence-electron chi connectivity index (χ0n) is 17.2. The molecule has 1 atom stereocenters. The Hall–Kier alpha value is -1.96. The molecule has 1 aromatic carbocycles. The number of amides is 1. The first-order valence-electron chi connectivity index (χ1n) is 9.24. The van der Waals surface area contributed by atoms with Gasteiger partial charge < -0.3 is 33.6 Å². The van der Waals surface area contributed by atoms with Gasteiger partial charge in [0.2, 0.25) is 0 Å². The fraction of sp³-hybridized carbons (Fsp3) is 0.409. The first kappa shape index (κ1) is 24.1. The molecule has 0 saturated carbocycles. The van der Waals surface area contributed by atoms with Gasteiger partial charge in [-0.2, -0.15) is 4.57 Å². The summed E-state index contributed by atoms with van der Waals surface area (Å²) in [5, 5.41) is 0. The molecule has 0 bridgehead atoms.